The summed E-state index contributed by atoms with van der Waals surface area (Å²) in [6, 6.07) is 11.6. The van der Waals surface area contributed by atoms with E-state index < -0.39 is 11.8 Å². The van der Waals surface area contributed by atoms with Crippen molar-refractivity contribution in [1.29, 1.82) is 0 Å². The van der Waals surface area contributed by atoms with Gasteiger partial charge in [0, 0.05) is 9.79 Å². The van der Waals surface area contributed by atoms with Crippen LogP contribution in [0, 0.1) is 12.7 Å². The van der Waals surface area contributed by atoms with E-state index in [0.29, 0.717) is 4.90 Å². The van der Waals surface area contributed by atoms with Gasteiger partial charge < -0.3 is 5.11 Å². The first-order valence-corrected chi connectivity index (χ1v) is 6.15. The average molecular weight is 262 g/mol. The molecule has 0 fully saturated rings. The molecule has 4 heteroatoms. The molecule has 0 spiro atoms. The maximum atomic E-state index is 13.7. The highest BCUT2D eigenvalue weighted by molar-refractivity contribution is 7.99. The number of benzene rings is 2. The first-order valence-electron chi connectivity index (χ1n) is 5.33. The molecule has 0 aliphatic carbocycles. The highest BCUT2D eigenvalue weighted by Gasteiger charge is 2.09. The van der Waals surface area contributed by atoms with Crippen LogP contribution in [0.15, 0.2) is 52.3 Å². The number of carboxylic acid groups (broad SMARTS) is 1. The molecule has 0 heterocycles. The fourth-order valence-corrected chi connectivity index (χ4v) is 2.27. The molecule has 0 amide bonds. The van der Waals surface area contributed by atoms with E-state index in [1.807, 2.05) is 31.2 Å². The zero-order valence-electron chi connectivity index (χ0n) is 9.68. The van der Waals surface area contributed by atoms with E-state index in [1.54, 1.807) is 0 Å². The van der Waals surface area contributed by atoms with Crippen molar-refractivity contribution in [1.82, 2.24) is 0 Å². The van der Waals surface area contributed by atoms with Crippen LogP contribution in [0.1, 0.15) is 15.9 Å². The van der Waals surface area contributed by atoms with Crippen molar-refractivity contribution in [2.24, 2.45) is 0 Å². The van der Waals surface area contributed by atoms with Crippen LogP contribution in [0.2, 0.25) is 0 Å². The molecule has 0 aromatic heterocycles. The quantitative estimate of drug-likeness (QED) is 0.909. The molecule has 0 saturated carbocycles. The van der Waals surface area contributed by atoms with Gasteiger partial charge in [-0.2, -0.15) is 0 Å². The lowest BCUT2D eigenvalue weighted by Crippen LogP contribution is -1.97. The molecular formula is C14H11FO2S. The lowest BCUT2D eigenvalue weighted by Gasteiger charge is -2.04. The number of aromatic carboxylic acids is 1. The van der Waals surface area contributed by atoms with E-state index in [4.69, 9.17) is 5.11 Å². The van der Waals surface area contributed by atoms with Gasteiger partial charge in [0.15, 0.2) is 0 Å². The predicted octanol–water partition coefficient (Wildman–Crippen LogP) is 3.98. The third-order valence-corrected chi connectivity index (χ3v) is 3.49. The Morgan fingerprint density at radius 2 is 1.83 bits per heavy atom. The molecule has 0 saturated heterocycles. The average Bonchev–Trinajstić information content (AvgIpc) is 2.34. The van der Waals surface area contributed by atoms with Crippen LogP contribution < -0.4 is 0 Å². The van der Waals surface area contributed by atoms with Crippen molar-refractivity contribution >= 4 is 17.7 Å². The summed E-state index contributed by atoms with van der Waals surface area (Å²) in [6.45, 7) is 1.98. The van der Waals surface area contributed by atoms with Crippen molar-refractivity contribution in [2.75, 3.05) is 0 Å². The molecule has 1 N–H and O–H groups in total. The molecule has 0 aliphatic heterocycles. The van der Waals surface area contributed by atoms with E-state index in [-0.39, 0.29) is 5.56 Å². The first kappa shape index (κ1) is 12.6. The van der Waals surface area contributed by atoms with E-state index in [1.165, 1.54) is 23.9 Å². The van der Waals surface area contributed by atoms with Crippen LogP contribution in [-0.4, -0.2) is 11.1 Å². The van der Waals surface area contributed by atoms with Crippen molar-refractivity contribution in [3.8, 4) is 0 Å². The Kier molecular flexibility index (Phi) is 3.67. The largest absolute Gasteiger partial charge is 0.478 e. The van der Waals surface area contributed by atoms with E-state index in [2.05, 4.69) is 0 Å². The van der Waals surface area contributed by atoms with Crippen molar-refractivity contribution in [3.63, 3.8) is 0 Å². The number of hydrogen-bond donors (Lipinski definition) is 1. The third kappa shape index (κ3) is 2.90. The Morgan fingerprint density at radius 3 is 2.39 bits per heavy atom. The molecule has 2 rings (SSSR count). The molecular weight excluding hydrogens is 251 g/mol. The monoisotopic (exact) mass is 262 g/mol. The smallest absolute Gasteiger partial charge is 0.335 e. The van der Waals surface area contributed by atoms with Crippen molar-refractivity contribution in [3.05, 3.63) is 59.4 Å². The Balaban J connectivity index is 2.24. The van der Waals surface area contributed by atoms with Crippen molar-refractivity contribution in [2.45, 2.75) is 16.7 Å². The van der Waals surface area contributed by atoms with Gasteiger partial charge in [0.1, 0.15) is 5.82 Å². The number of rotatable bonds is 3. The van der Waals surface area contributed by atoms with Crippen LogP contribution in [0.5, 0.6) is 0 Å². The van der Waals surface area contributed by atoms with Gasteiger partial charge in [-0.05, 0) is 37.3 Å². The Bertz CT molecular complexity index is 579. The number of carboxylic acids is 1. The summed E-state index contributed by atoms with van der Waals surface area (Å²) in [4.78, 5) is 12.0. The number of hydrogen-bond acceptors (Lipinski definition) is 2. The summed E-state index contributed by atoms with van der Waals surface area (Å²) in [6.07, 6.45) is 0. The summed E-state index contributed by atoms with van der Waals surface area (Å²) in [5, 5.41) is 8.75. The van der Waals surface area contributed by atoms with Crippen LogP contribution in [-0.2, 0) is 0 Å². The summed E-state index contributed by atoms with van der Waals surface area (Å²) in [5.41, 5.74) is 1.10. The lowest BCUT2D eigenvalue weighted by molar-refractivity contribution is 0.0696. The minimum atomic E-state index is -1.12. The lowest BCUT2D eigenvalue weighted by atomic mass is 10.2. The standard InChI is InChI=1S/C14H11FO2S/c1-9-2-5-11(6-3-9)18-13-7-4-10(14(16)17)8-12(13)15/h2-8H,1H3,(H,16,17). The fraction of sp³-hybridized carbons (Fsp3) is 0.0714. The maximum Gasteiger partial charge on any atom is 0.335 e. The van der Waals surface area contributed by atoms with Gasteiger partial charge in [-0.3, -0.25) is 0 Å². The molecule has 92 valence electrons. The zero-order chi connectivity index (χ0) is 13.1. The maximum absolute atomic E-state index is 13.7. The Labute approximate surface area is 108 Å². The summed E-state index contributed by atoms with van der Waals surface area (Å²) in [5.74, 6) is -1.64. The zero-order valence-corrected chi connectivity index (χ0v) is 10.5. The first-order chi connectivity index (χ1) is 8.56. The van der Waals surface area contributed by atoms with Gasteiger partial charge in [-0.25, -0.2) is 9.18 Å². The molecule has 0 atom stereocenters. The molecule has 0 aliphatic rings. The van der Waals surface area contributed by atoms with Crippen LogP contribution in [0.4, 0.5) is 4.39 Å². The SMILES string of the molecule is Cc1ccc(Sc2ccc(C(=O)O)cc2F)cc1. The normalized spacial score (nSPS) is 10.3. The molecule has 0 unspecified atom stereocenters. The topological polar surface area (TPSA) is 37.3 Å². The Morgan fingerprint density at radius 1 is 1.17 bits per heavy atom. The van der Waals surface area contributed by atoms with E-state index in [9.17, 15) is 9.18 Å². The second-order valence-electron chi connectivity index (χ2n) is 3.87. The van der Waals surface area contributed by atoms with Gasteiger partial charge in [0.25, 0.3) is 0 Å². The Hall–Kier alpha value is -1.81. The van der Waals surface area contributed by atoms with Crippen molar-refractivity contribution < 1.29 is 14.3 Å². The minimum absolute atomic E-state index is 0.0410. The molecule has 0 radical (unpaired) electrons. The number of halogens is 1. The number of aryl methyl sites for hydroxylation is 1. The van der Waals surface area contributed by atoms with Crippen LogP contribution in [0.3, 0.4) is 0 Å². The highest BCUT2D eigenvalue weighted by atomic mass is 32.2. The molecule has 0 bridgehead atoms. The number of carbonyl (C=O) groups is 1. The van der Waals surface area contributed by atoms with Gasteiger partial charge in [0.05, 0.1) is 5.56 Å². The minimum Gasteiger partial charge on any atom is -0.478 e. The van der Waals surface area contributed by atoms with Gasteiger partial charge in [0.2, 0.25) is 0 Å². The molecule has 2 aromatic rings. The molecule has 18 heavy (non-hydrogen) atoms. The van der Waals surface area contributed by atoms with Crippen LogP contribution >= 0.6 is 11.8 Å². The fourth-order valence-electron chi connectivity index (χ4n) is 1.45. The predicted molar refractivity (Wildman–Crippen MR) is 68.7 cm³/mol. The second kappa shape index (κ2) is 5.23. The van der Waals surface area contributed by atoms with Crippen LogP contribution in [0.25, 0.3) is 0 Å². The van der Waals surface area contributed by atoms with Gasteiger partial charge >= 0.3 is 5.97 Å². The summed E-state index contributed by atoms with van der Waals surface area (Å²) in [7, 11) is 0. The summed E-state index contributed by atoms with van der Waals surface area (Å²) < 4.78 is 13.7. The molecule has 2 aromatic carbocycles. The van der Waals surface area contributed by atoms with Gasteiger partial charge in [-0.15, -0.1) is 0 Å². The summed E-state index contributed by atoms with van der Waals surface area (Å²) >= 11 is 1.28. The van der Waals surface area contributed by atoms with E-state index in [0.717, 1.165) is 16.5 Å². The highest BCUT2D eigenvalue weighted by Crippen LogP contribution is 2.30. The molecule has 2 nitrogen and oxygen atoms in total. The van der Waals surface area contributed by atoms with Gasteiger partial charge in [-0.1, -0.05) is 29.5 Å². The second-order valence-corrected chi connectivity index (χ2v) is 4.98. The third-order valence-electron chi connectivity index (χ3n) is 2.43. The van der Waals surface area contributed by atoms with E-state index >= 15 is 0 Å².